The fraction of sp³-hybridized carbons (Fsp3) is 0.815. The summed E-state index contributed by atoms with van der Waals surface area (Å²) >= 11 is 0. The third-order valence-corrected chi connectivity index (χ3v) is 5.66. The molecule has 0 bridgehead atoms. The Balaban J connectivity index is -0.000000157. The molecule has 0 aliphatic heterocycles. The van der Waals surface area contributed by atoms with Crippen LogP contribution in [0.2, 0.25) is 0 Å². The van der Waals surface area contributed by atoms with Gasteiger partial charge in [-0.05, 0) is 77.5 Å². The van der Waals surface area contributed by atoms with Crippen LogP contribution in [0.25, 0.3) is 0 Å². The van der Waals surface area contributed by atoms with E-state index in [4.69, 9.17) is 82.2 Å². The molecule has 0 spiro atoms. The summed E-state index contributed by atoms with van der Waals surface area (Å²) < 4.78 is 0. The maximum atomic E-state index is 10.1. The second-order valence-electron chi connectivity index (χ2n) is 10.0. The van der Waals surface area contributed by atoms with Crippen LogP contribution >= 0.6 is 0 Å². The number of unbranched alkanes of at least 4 members (excludes halogenated alkanes) is 4. The van der Waals surface area contributed by atoms with Gasteiger partial charge in [-0.2, -0.15) is 0 Å². The Morgan fingerprint density at radius 3 is 0.617 bits per heavy atom. The number of aliphatic carboxylic acids is 5. The molecule has 20 nitrogen and oxygen atoms in total. The van der Waals surface area contributed by atoms with Gasteiger partial charge in [0.05, 0.1) is 6.61 Å². The summed E-state index contributed by atoms with van der Waals surface area (Å²) in [6.07, 6.45) is 8.66. The lowest BCUT2D eigenvalue weighted by Crippen LogP contribution is -2.33. The maximum absolute atomic E-state index is 10.1. The molecule has 5 atom stereocenters. The highest BCUT2D eigenvalue weighted by Crippen LogP contribution is 1.99. The zero-order chi connectivity index (χ0) is 37.8. The molecule has 0 heterocycles. The third-order valence-electron chi connectivity index (χ3n) is 5.66. The van der Waals surface area contributed by atoms with Crippen molar-refractivity contribution in [1.29, 1.82) is 0 Å². The monoisotopic (exact) mass is 689 g/mol. The number of carboxylic acids is 5. The van der Waals surface area contributed by atoms with E-state index in [0.717, 1.165) is 51.4 Å². The van der Waals surface area contributed by atoms with Gasteiger partial charge in [0.15, 0.2) is 0 Å². The van der Waals surface area contributed by atoms with Crippen molar-refractivity contribution in [2.75, 3.05) is 32.8 Å². The van der Waals surface area contributed by atoms with Gasteiger partial charge >= 0.3 is 29.8 Å². The summed E-state index contributed by atoms with van der Waals surface area (Å²) in [6, 6.07) is -3.99. The Kier molecular flexibility index (Phi) is 44.5. The summed E-state index contributed by atoms with van der Waals surface area (Å²) in [6.45, 7) is 1.91. The molecule has 0 radical (unpaired) electrons. The minimum Gasteiger partial charge on any atom is -0.480 e. The summed E-state index contributed by atoms with van der Waals surface area (Å²) in [7, 11) is 0. The number of carboxylic acid groups (broad SMARTS) is 5. The lowest BCUT2D eigenvalue weighted by Gasteiger charge is -2.03. The van der Waals surface area contributed by atoms with E-state index in [1.807, 2.05) is 0 Å². The molecule has 20 heteroatoms. The lowest BCUT2D eigenvalue weighted by molar-refractivity contribution is -0.140. The first-order valence-corrected chi connectivity index (χ1v) is 15.2. The lowest BCUT2D eigenvalue weighted by atomic mass is 10.1. The average Bonchev–Trinajstić information content (AvgIpc) is 3.01. The Labute approximate surface area is 276 Å². The fourth-order valence-corrected chi connectivity index (χ4v) is 2.61. The largest absolute Gasteiger partial charge is 0.480 e. The smallest absolute Gasteiger partial charge is 0.322 e. The predicted octanol–water partition coefficient (Wildman–Crippen LogP) is -3.50. The SMILES string of the molecule is NCCCC[C@H](N)C(=O)O.NCCCC[C@H](N)C(=O)O.NCCCC[C@H](N)C(=O)O.NCCCC[C@H](N)C(=O)O.N[C@@H](CO)C(=O)O. The van der Waals surface area contributed by atoms with Gasteiger partial charge < -0.3 is 82.2 Å². The highest BCUT2D eigenvalue weighted by molar-refractivity contribution is 5.74. The minimum atomic E-state index is -1.18. The van der Waals surface area contributed by atoms with E-state index in [0.29, 0.717) is 51.9 Å². The highest BCUT2D eigenvalue weighted by atomic mass is 16.4. The second kappa shape index (κ2) is 39.1. The third kappa shape index (κ3) is 47.5. The molecule has 0 aromatic rings. The molecule has 24 N–H and O–H groups in total. The van der Waals surface area contributed by atoms with Gasteiger partial charge in [-0.15, -0.1) is 0 Å². The van der Waals surface area contributed by atoms with Gasteiger partial charge in [-0.3, -0.25) is 24.0 Å². The van der Waals surface area contributed by atoms with Crippen LogP contribution in [-0.4, -0.2) is 123 Å². The molecule has 0 aromatic carbocycles. The van der Waals surface area contributed by atoms with E-state index < -0.39 is 66.7 Å². The van der Waals surface area contributed by atoms with Crippen molar-refractivity contribution in [3.05, 3.63) is 0 Å². The Morgan fingerprint density at radius 1 is 0.362 bits per heavy atom. The topological polar surface area (TPSA) is 441 Å². The van der Waals surface area contributed by atoms with E-state index in [1.54, 1.807) is 0 Å². The molecule has 47 heavy (non-hydrogen) atoms. The van der Waals surface area contributed by atoms with Crippen molar-refractivity contribution < 1.29 is 54.6 Å². The van der Waals surface area contributed by atoms with Crippen molar-refractivity contribution >= 4 is 29.8 Å². The van der Waals surface area contributed by atoms with E-state index in [1.165, 1.54) is 0 Å². The summed E-state index contributed by atoms with van der Waals surface area (Å²) in [4.78, 5) is 50.2. The summed E-state index contributed by atoms with van der Waals surface area (Å²) in [5.74, 6) is -4.91. The average molecular weight is 690 g/mol. The van der Waals surface area contributed by atoms with Crippen molar-refractivity contribution in [3.63, 3.8) is 0 Å². The van der Waals surface area contributed by atoms with Crippen LogP contribution in [-0.2, 0) is 24.0 Å². The van der Waals surface area contributed by atoms with E-state index >= 15 is 0 Å². The molecule has 0 rings (SSSR count). The van der Waals surface area contributed by atoms with E-state index in [-0.39, 0.29) is 0 Å². The van der Waals surface area contributed by atoms with Crippen molar-refractivity contribution in [2.45, 2.75) is 107 Å². The molecule has 282 valence electrons. The second-order valence-corrected chi connectivity index (χ2v) is 10.0. The first-order valence-electron chi connectivity index (χ1n) is 15.2. The van der Waals surface area contributed by atoms with E-state index in [9.17, 15) is 24.0 Å². The molecule has 0 saturated carbocycles. The number of aliphatic hydroxyl groups excluding tert-OH is 1. The van der Waals surface area contributed by atoms with Crippen molar-refractivity contribution in [1.82, 2.24) is 0 Å². The zero-order valence-electron chi connectivity index (χ0n) is 27.3. The number of nitrogens with two attached hydrogens (primary N) is 9. The van der Waals surface area contributed by atoms with Crippen LogP contribution in [0.5, 0.6) is 0 Å². The Hall–Kier alpha value is -3.05. The summed E-state index contributed by atoms with van der Waals surface area (Å²) in [5.41, 5.74) is 46.4. The van der Waals surface area contributed by atoms with Gasteiger partial charge in [0.1, 0.15) is 30.2 Å². The summed E-state index contributed by atoms with van der Waals surface area (Å²) in [5, 5.41) is 49.2. The van der Waals surface area contributed by atoms with Gasteiger partial charge in [-0.1, -0.05) is 25.7 Å². The quantitative estimate of drug-likeness (QED) is 0.0490. The van der Waals surface area contributed by atoms with Crippen LogP contribution in [0.15, 0.2) is 0 Å². The first kappa shape index (κ1) is 53.4. The molecular weight excluding hydrogens is 626 g/mol. The first-order chi connectivity index (χ1) is 21.9. The zero-order valence-corrected chi connectivity index (χ0v) is 27.3. The standard InChI is InChI=1S/4C6H14N2O2.C3H7NO3/c4*7-4-2-1-3-5(8)6(9)10;4-2(1-5)3(6)7/h4*5H,1-4,7-8H2,(H,9,10);2,5H,1,4H2,(H,6,7)/t4*5-;2-/m00000/s1. The highest BCUT2D eigenvalue weighted by Gasteiger charge is 2.11. The van der Waals surface area contributed by atoms with Crippen LogP contribution in [0.4, 0.5) is 0 Å². The van der Waals surface area contributed by atoms with Crippen molar-refractivity contribution in [3.8, 4) is 0 Å². The molecular formula is C27H63N9O11. The van der Waals surface area contributed by atoms with Crippen LogP contribution in [0, 0.1) is 0 Å². The van der Waals surface area contributed by atoms with E-state index in [2.05, 4.69) is 0 Å². The van der Waals surface area contributed by atoms with Gasteiger partial charge in [0.2, 0.25) is 0 Å². The fourth-order valence-electron chi connectivity index (χ4n) is 2.61. The Bertz CT molecular complexity index is 680. The van der Waals surface area contributed by atoms with Crippen LogP contribution in [0.1, 0.15) is 77.0 Å². The number of hydrogen-bond acceptors (Lipinski definition) is 15. The Morgan fingerprint density at radius 2 is 0.532 bits per heavy atom. The minimum absolute atomic E-state index is 0.505. The molecule has 0 aliphatic rings. The molecule has 0 aromatic heterocycles. The molecule has 0 unspecified atom stereocenters. The van der Waals surface area contributed by atoms with Gasteiger partial charge in [-0.25, -0.2) is 0 Å². The normalized spacial score (nSPS) is 13.1. The number of hydrogen-bond donors (Lipinski definition) is 15. The number of rotatable bonds is 22. The number of carbonyl (C=O) groups is 5. The molecule has 0 amide bonds. The number of aliphatic hydroxyl groups is 1. The van der Waals surface area contributed by atoms with Gasteiger partial charge in [0.25, 0.3) is 0 Å². The predicted molar refractivity (Wildman–Crippen MR) is 177 cm³/mol. The maximum Gasteiger partial charge on any atom is 0.322 e. The molecule has 0 saturated heterocycles. The molecule has 0 fully saturated rings. The molecule has 0 aliphatic carbocycles. The van der Waals surface area contributed by atoms with Crippen molar-refractivity contribution in [2.24, 2.45) is 51.6 Å². The van der Waals surface area contributed by atoms with Crippen LogP contribution in [0.3, 0.4) is 0 Å². The van der Waals surface area contributed by atoms with Crippen LogP contribution < -0.4 is 51.6 Å². The van der Waals surface area contributed by atoms with Gasteiger partial charge in [0, 0.05) is 0 Å².